The maximum Gasteiger partial charge on any atom is 0.240 e. The van der Waals surface area contributed by atoms with Gasteiger partial charge in [-0.15, -0.1) is 0 Å². The number of nitrogens with one attached hydrogen (secondary N) is 1. The molecule has 1 aliphatic heterocycles. The number of carbonyl (C=O) groups excluding carboxylic acids is 2. The van der Waals surface area contributed by atoms with Crippen LogP contribution in [0.5, 0.6) is 5.75 Å². The standard InChI is InChI=1S/C26H28N2O5/c1-4-27(5-2)14-15-28-23(17-10-12-19(32-3)13-11-17)22(25(30)26(28)31)24(29)21-16-18-8-6-7-9-20(18)33-21/h6-13,16,23,30H,4-5,14-15H2,1-3H3. The number of fused-ring (bicyclic) bond motifs is 1. The summed E-state index contributed by atoms with van der Waals surface area (Å²) in [6.07, 6.45) is 0. The third-order valence-corrected chi connectivity index (χ3v) is 6.32. The third kappa shape index (κ3) is 4.24. The lowest BCUT2D eigenvalue weighted by Gasteiger charge is -2.29. The van der Waals surface area contributed by atoms with Gasteiger partial charge in [-0.3, -0.25) is 9.59 Å². The van der Waals surface area contributed by atoms with Gasteiger partial charge in [0.25, 0.3) is 0 Å². The molecule has 0 radical (unpaired) electrons. The van der Waals surface area contributed by atoms with E-state index < -0.39 is 23.5 Å². The number of para-hydroxylation sites is 1. The second-order valence-electron chi connectivity index (χ2n) is 8.10. The van der Waals surface area contributed by atoms with Crippen molar-refractivity contribution in [3.63, 3.8) is 0 Å². The maximum absolute atomic E-state index is 13.5. The Kier molecular flexibility index (Phi) is 6.51. The van der Waals surface area contributed by atoms with E-state index >= 15 is 0 Å². The van der Waals surface area contributed by atoms with E-state index in [4.69, 9.17) is 9.15 Å². The summed E-state index contributed by atoms with van der Waals surface area (Å²) >= 11 is 0. The van der Waals surface area contributed by atoms with Crippen LogP contribution in [0.15, 0.2) is 70.3 Å². The molecule has 1 N–H and O–H groups in total. The zero-order chi connectivity index (χ0) is 23.5. The maximum atomic E-state index is 13.5. The van der Waals surface area contributed by atoms with Crippen LogP contribution in [0.1, 0.15) is 36.0 Å². The molecule has 0 aliphatic carbocycles. The number of furan rings is 1. The Morgan fingerprint density at radius 2 is 1.82 bits per heavy atom. The van der Waals surface area contributed by atoms with E-state index in [1.165, 1.54) is 9.80 Å². The van der Waals surface area contributed by atoms with Gasteiger partial charge in [0, 0.05) is 11.0 Å². The quantitative estimate of drug-likeness (QED) is 0.504. The smallest absolute Gasteiger partial charge is 0.240 e. The molecular weight excluding hydrogens is 420 g/mol. The van der Waals surface area contributed by atoms with Crippen molar-refractivity contribution >= 4 is 22.7 Å². The molecule has 1 amide bonds. The van der Waals surface area contributed by atoms with Crippen molar-refractivity contribution in [1.29, 1.82) is 0 Å². The number of amides is 1. The molecule has 0 fully saturated rings. The van der Waals surface area contributed by atoms with Gasteiger partial charge in [0.1, 0.15) is 11.3 Å². The molecule has 1 aromatic heterocycles. The van der Waals surface area contributed by atoms with Crippen molar-refractivity contribution in [2.45, 2.75) is 19.9 Å². The van der Waals surface area contributed by atoms with Crippen molar-refractivity contribution in [2.24, 2.45) is 0 Å². The molecule has 0 bridgehead atoms. The number of ketones is 1. The molecule has 0 spiro atoms. The van der Waals surface area contributed by atoms with Crippen LogP contribution in [0.2, 0.25) is 0 Å². The summed E-state index contributed by atoms with van der Waals surface area (Å²) in [7, 11) is 1.57. The number of carbonyl (C=O) groups is 2. The van der Waals surface area contributed by atoms with E-state index in [9.17, 15) is 14.7 Å². The molecule has 3 aromatic rings. The molecule has 2 aromatic carbocycles. The van der Waals surface area contributed by atoms with Crippen molar-refractivity contribution in [3.05, 3.63) is 77.3 Å². The van der Waals surface area contributed by atoms with Gasteiger partial charge < -0.3 is 24.1 Å². The Morgan fingerprint density at radius 3 is 2.45 bits per heavy atom. The van der Waals surface area contributed by atoms with Gasteiger partial charge in [-0.05, 0) is 49.4 Å². The summed E-state index contributed by atoms with van der Waals surface area (Å²) in [6.45, 7) is 7.04. The number of likely N-dealkylation sites (N-methyl/N-ethyl adjacent to an activating group) is 1. The minimum Gasteiger partial charge on any atom is -0.868 e. The predicted octanol–water partition coefficient (Wildman–Crippen LogP) is 1.75. The fourth-order valence-corrected chi connectivity index (χ4v) is 4.34. The minimum absolute atomic E-state index is 0.0575. The van der Waals surface area contributed by atoms with E-state index in [0.717, 1.165) is 18.5 Å². The largest absolute Gasteiger partial charge is 0.868 e. The van der Waals surface area contributed by atoms with E-state index in [-0.39, 0.29) is 11.3 Å². The molecule has 33 heavy (non-hydrogen) atoms. The third-order valence-electron chi connectivity index (χ3n) is 6.32. The Balaban J connectivity index is 1.74. The van der Waals surface area contributed by atoms with Crippen LogP contribution < -0.4 is 14.7 Å². The van der Waals surface area contributed by atoms with Gasteiger partial charge in [0.05, 0.1) is 39.3 Å². The number of quaternary nitrogens is 1. The Hall–Kier alpha value is -3.58. The molecule has 0 saturated heterocycles. The van der Waals surface area contributed by atoms with E-state index in [2.05, 4.69) is 13.8 Å². The highest BCUT2D eigenvalue weighted by molar-refractivity contribution is 6.15. The van der Waals surface area contributed by atoms with Gasteiger partial charge in [-0.2, -0.15) is 0 Å². The molecule has 0 saturated carbocycles. The highest BCUT2D eigenvalue weighted by Gasteiger charge is 2.40. The highest BCUT2D eigenvalue weighted by Crippen LogP contribution is 2.39. The number of rotatable bonds is 9. The Bertz CT molecular complexity index is 1160. The average Bonchev–Trinajstić information content (AvgIpc) is 3.39. The van der Waals surface area contributed by atoms with Crippen LogP contribution in [0, 0.1) is 0 Å². The number of methoxy groups -OCH3 is 1. The van der Waals surface area contributed by atoms with Crippen molar-refractivity contribution in [2.75, 3.05) is 33.3 Å². The summed E-state index contributed by atoms with van der Waals surface area (Å²) in [5, 5.41) is 13.9. The zero-order valence-corrected chi connectivity index (χ0v) is 19.1. The number of nitrogens with zero attached hydrogens (tertiary/aromatic N) is 1. The average molecular weight is 449 g/mol. The van der Waals surface area contributed by atoms with E-state index in [1.54, 1.807) is 43.5 Å². The first-order valence-corrected chi connectivity index (χ1v) is 11.2. The highest BCUT2D eigenvalue weighted by atomic mass is 16.5. The van der Waals surface area contributed by atoms with Crippen LogP contribution >= 0.6 is 0 Å². The monoisotopic (exact) mass is 448 g/mol. The van der Waals surface area contributed by atoms with E-state index in [1.807, 2.05) is 18.2 Å². The first-order valence-electron chi connectivity index (χ1n) is 11.2. The first kappa shape index (κ1) is 22.6. The molecular formula is C26H28N2O5. The lowest BCUT2D eigenvalue weighted by Crippen LogP contribution is -3.12. The van der Waals surface area contributed by atoms with Crippen LogP contribution in [0.4, 0.5) is 0 Å². The molecule has 7 nitrogen and oxygen atoms in total. The molecule has 1 aliphatic rings. The van der Waals surface area contributed by atoms with Gasteiger partial charge in [-0.1, -0.05) is 30.3 Å². The van der Waals surface area contributed by atoms with Crippen molar-refractivity contribution < 1.29 is 28.7 Å². The van der Waals surface area contributed by atoms with Crippen molar-refractivity contribution in [1.82, 2.24) is 4.90 Å². The summed E-state index contributed by atoms with van der Waals surface area (Å²) in [6, 6.07) is 15.2. The van der Waals surface area contributed by atoms with Gasteiger partial charge in [-0.25, -0.2) is 0 Å². The Morgan fingerprint density at radius 1 is 1.12 bits per heavy atom. The van der Waals surface area contributed by atoms with E-state index in [0.29, 0.717) is 30.0 Å². The second kappa shape index (κ2) is 9.50. The fourth-order valence-electron chi connectivity index (χ4n) is 4.34. The van der Waals surface area contributed by atoms with Crippen LogP contribution in [0.3, 0.4) is 0 Å². The minimum atomic E-state index is -0.772. The lowest BCUT2D eigenvalue weighted by molar-refractivity contribution is -0.895. The summed E-state index contributed by atoms with van der Waals surface area (Å²) in [4.78, 5) is 29.4. The lowest BCUT2D eigenvalue weighted by atomic mass is 9.95. The Labute approximate surface area is 192 Å². The summed E-state index contributed by atoms with van der Waals surface area (Å²) < 4.78 is 11.0. The topological polar surface area (TPSA) is 87.2 Å². The molecule has 2 heterocycles. The SMILES string of the molecule is CC[NH+](CC)CCN1C(=O)C([O-])=C(C(=O)c2cc3ccccc3o2)C1c1ccc(OC)cc1. The fraction of sp³-hybridized carbons (Fsp3) is 0.308. The number of hydrogen-bond acceptors (Lipinski definition) is 5. The predicted molar refractivity (Wildman–Crippen MR) is 122 cm³/mol. The van der Waals surface area contributed by atoms with Crippen LogP contribution in [-0.4, -0.2) is 49.9 Å². The molecule has 172 valence electrons. The molecule has 4 rings (SSSR count). The van der Waals surface area contributed by atoms with Gasteiger partial charge in [0.2, 0.25) is 11.7 Å². The number of Topliss-reactive ketones (excluding diaryl/α,β-unsaturated/α-hetero) is 1. The first-order chi connectivity index (χ1) is 16.0. The van der Waals surface area contributed by atoms with Crippen LogP contribution in [-0.2, 0) is 4.79 Å². The van der Waals surface area contributed by atoms with Crippen LogP contribution in [0.25, 0.3) is 11.0 Å². The summed E-state index contributed by atoms with van der Waals surface area (Å²) in [5.74, 6) is -1.26. The van der Waals surface area contributed by atoms with Gasteiger partial charge in [0.15, 0.2) is 5.76 Å². The summed E-state index contributed by atoms with van der Waals surface area (Å²) in [5.41, 5.74) is 1.17. The zero-order valence-electron chi connectivity index (χ0n) is 19.1. The molecule has 7 heteroatoms. The number of benzene rings is 2. The number of ether oxygens (including phenoxy) is 1. The van der Waals surface area contributed by atoms with Crippen molar-refractivity contribution in [3.8, 4) is 5.75 Å². The molecule has 1 unspecified atom stereocenters. The number of hydrogen-bond donors (Lipinski definition) is 1. The van der Waals surface area contributed by atoms with Gasteiger partial charge >= 0.3 is 0 Å². The second-order valence-corrected chi connectivity index (χ2v) is 8.10. The normalized spacial score (nSPS) is 16.3. The molecule has 1 atom stereocenters.